The van der Waals surface area contributed by atoms with E-state index in [1.54, 1.807) is 7.11 Å². The predicted octanol–water partition coefficient (Wildman–Crippen LogP) is 3.28. The summed E-state index contributed by atoms with van der Waals surface area (Å²) >= 11 is 0. The summed E-state index contributed by atoms with van der Waals surface area (Å²) in [6.07, 6.45) is 0. The fourth-order valence-electron chi connectivity index (χ4n) is 3.15. The third-order valence-electron chi connectivity index (χ3n) is 4.67. The molecule has 1 unspecified atom stereocenters. The number of carbonyl (C=O) groups excluding carboxylic acids is 1. The molecule has 1 aliphatic heterocycles. The number of methoxy groups -OCH3 is 1. The topological polar surface area (TPSA) is 64.3 Å². The van der Waals surface area contributed by atoms with Crippen LogP contribution in [0.1, 0.15) is 42.1 Å². The summed E-state index contributed by atoms with van der Waals surface area (Å²) in [6, 6.07) is 11.5. The van der Waals surface area contributed by atoms with Crippen molar-refractivity contribution in [3.8, 4) is 5.75 Å². The first kappa shape index (κ1) is 15.6. The number of ether oxygens (including phenoxy) is 1. The van der Waals surface area contributed by atoms with Crippen molar-refractivity contribution in [3.05, 3.63) is 58.7 Å². The molecule has 23 heavy (non-hydrogen) atoms. The van der Waals surface area contributed by atoms with Gasteiger partial charge in [0, 0.05) is 11.3 Å². The molecule has 0 saturated heterocycles. The van der Waals surface area contributed by atoms with Gasteiger partial charge in [0.2, 0.25) is 5.91 Å². The minimum absolute atomic E-state index is 0.0265. The third kappa shape index (κ3) is 2.39. The molecule has 0 aliphatic carbocycles. The highest BCUT2D eigenvalue weighted by Crippen LogP contribution is 2.41. The van der Waals surface area contributed by atoms with Crippen molar-refractivity contribution in [3.63, 3.8) is 0 Å². The maximum absolute atomic E-state index is 12.2. The molecule has 3 rings (SSSR count). The van der Waals surface area contributed by atoms with E-state index in [1.165, 1.54) is 0 Å². The second-order valence-electron chi connectivity index (χ2n) is 6.56. The molecule has 1 amide bonds. The molecule has 1 aliphatic rings. The second-order valence-corrected chi connectivity index (χ2v) is 6.56. The molecule has 1 heterocycles. The predicted molar refractivity (Wildman–Crippen MR) is 91.9 cm³/mol. The number of fused-ring (bicyclic) bond motifs is 1. The van der Waals surface area contributed by atoms with Crippen LogP contribution in [0.4, 0.5) is 5.69 Å². The van der Waals surface area contributed by atoms with Crippen LogP contribution in [0, 0.1) is 6.92 Å². The van der Waals surface area contributed by atoms with Crippen LogP contribution < -0.4 is 15.8 Å². The van der Waals surface area contributed by atoms with Gasteiger partial charge in [-0.15, -0.1) is 0 Å². The first-order valence-electron chi connectivity index (χ1n) is 7.71. The zero-order valence-electron chi connectivity index (χ0n) is 13.9. The van der Waals surface area contributed by atoms with Crippen LogP contribution in [-0.4, -0.2) is 13.0 Å². The van der Waals surface area contributed by atoms with Gasteiger partial charge in [-0.1, -0.05) is 30.3 Å². The van der Waals surface area contributed by atoms with Gasteiger partial charge in [0.05, 0.1) is 18.6 Å². The summed E-state index contributed by atoms with van der Waals surface area (Å²) in [4.78, 5) is 12.2. The average Bonchev–Trinajstić information content (AvgIpc) is 2.77. The van der Waals surface area contributed by atoms with Crippen molar-refractivity contribution < 1.29 is 9.53 Å². The van der Waals surface area contributed by atoms with Crippen LogP contribution in [0.5, 0.6) is 5.75 Å². The highest BCUT2D eigenvalue weighted by molar-refractivity contribution is 6.06. The van der Waals surface area contributed by atoms with Gasteiger partial charge in [0.15, 0.2) is 0 Å². The highest BCUT2D eigenvalue weighted by atomic mass is 16.5. The number of hydrogen-bond donors (Lipinski definition) is 2. The van der Waals surface area contributed by atoms with Gasteiger partial charge in [-0.3, -0.25) is 4.79 Å². The molecule has 2 aromatic rings. The molecule has 4 nitrogen and oxygen atoms in total. The van der Waals surface area contributed by atoms with Gasteiger partial charge in [-0.25, -0.2) is 0 Å². The lowest BCUT2D eigenvalue weighted by atomic mass is 9.83. The minimum atomic E-state index is -0.545. The summed E-state index contributed by atoms with van der Waals surface area (Å²) in [6.45, 7) is 5.87. The normalized spacial score (nSPS) is 16.7. The summed E-state index contributed by atoms with van der Waals surface area (Å²) in [7, 11) is 1.64. The summed E-state index contributed by atoms with van der Waals surface area (Å²) in [5.41, 5.74) is 10.8. The van der Waals surface area contributed by atoms with Gasteiger partial charge >= 0.3 is 0 Å². The Labute approximate surface area is 136 Å². The lowest BCUT2D eigenvalue weighted by molar-refractivity contribution is -0.119. The SMILES string of the molecule is COc1ccccc1C(N)c1cc(C)c2c(c1)C(C)(C)C(=O)N2. The van der Waals surface area contributed by atoms with Gasteiger partial charge in [-0.05, 0) is 43.5 Å². The van der Waals surface area contributed by atoms with Gasteiger partial charge in [0.25, 0.3) is 0 Å². The monoisotopic (exact) mass is 310 g/mol. The van der Waals surface area contributed by atoms with E-state index >= 15 is 0 Å². The summed E-state index contributed by atoms with van der Waals surface area (Å²) in [5.74, 6) is 0.797. The molecular formula is C19H22N2O2. The number of rotatable bonds is 3. The Morgan fingerprint density at radius 1 is 1.22 bits per heavy atom. The van der Waals surface area contributed by atoms with Crippen LogP contribution in [0.15, 0.2) is 36.4 Å². The Bertz CT molecular complexity index is 781. The number of nitrogens with one attached hydrogen (secondary N) is 1. The van der Waals surface area contributed by atoms with Crippen molar-refractivity contribution in [1.82, 2.24) is 0 Å². The molecule has 0 bridgehead atoms. The van der Waals surface area contributed by atoms with Gasteiger partial charge in [0.1, 0.15) is 5.75 Å². The molecule has 4 heteroatoms. The number of benzene rings is 2. The fraction of sp³-hybridized carbons (Fsp3) is 0.316. The van der Waals surface area contributed by atoms with E-state index < -0.39 is 5.41 Å². The fourth-order valence-corrected chi connectivity index (χ4v) is 3.15. The number of carbonyl (C=O) groups is 1. The maximum atomic E-state index is 12.2. The highest BCUT2D eigenvalue weighted by Gasteiger charge is 2.39. The Balaban J connectivity index is 2.11. The molecular weight excluding hydrogens is 288 g/mol. The van der Waals surface area contributed by atoms with Crippen LogP contribution in [0.3, 0.4) is 0 Å². The Hall–Kier alpha value is -2.33. The number of aryl methyl sites for hydroxylation is 1. The van der Waals surface area contributed by atoms with E-state index in [0.29, 0.717) is 0 Å². The number of para-hydroxylation sites is 1. The van der Waals surface area contributed by atoms with E-state index in [4.69, 9.17) is 10.5 Å². The Morgan fingerprint density at radius 2 is 1.91 bits per heavy atom. The van der Waals surface area contributed by atoms with Crippen molar-refractivity contribution in [2.45, 2.75) is 32.2 Å². The van der Waals surface area contributed by atoms with Crippen molar-refractivity contribution >= 4 is 11.6 Å². The molecule has 0 aromatic heterocycles. The third-order valence-corrected chi connectivity index (χ3v) is 4.67. The zero-order chi connectivity index (χ0) is 16.8. The van der Waals surface area contributed by atoms with Crippen molar-refractivity contribution in [2.75, 3.05) is 12.4 Å². The lowest BCUT2D eigenvalue weighted by Crippen LogP contribution is -2.27. The van der Waals surface area contributed by atoms with Crippen LogP contribution in [0.2, 0.25) is 0 Å². The summed E-state index contributed by atoms with van der Waals surface area (Å²) < 4.78 is 5.42. The zero-order valence-corrected chi connectivity index (χ0v) is 13.9. The quantitative estimate of drug-likeness (QED) is 0.914. The molecule has 2 aromatic carbocycles. The number of amides is 1. The molecule has 0 fully saturated rings. The average molecular weight is 310 g/mol. The minimum Gasteiger partial charge on any atom is -0.496 e. The van der Waals surface area contributed by atoms with E-state index in [1.807, 2.05) is 57.2 Å². The molecule has 1 atom stereocenters. The van der Waals surface area contributed by atoms with Crippen LogP contribution >= 0.6 is 0 Å². The van der Waals surface area contributed by atoms with E-state index in [9.17, 15) is 4.79 Å². The maximum Gasteiger partial charge on any atom is 0.234 e. The molecule has 120 valence electrons. The second kappa shape index (κ2) is 5.39. The molecule has 3 N–H and O–H groups in total. The van der Waals surface area contributed by atoms with Crippen LogP contribution in [0.25, 0.3) is 0 Å². The van der Waals surface area contributed by atoms with Crippen LogP contribution in [-0.2, 0) is 10.2 Å². The Morgan fingerprint density at radius 3 is 2.61 bits per heavy atom. The van der Waals surface area contributed by atoms with E-state index in [-0.39, 0.29) is 11.9 Å². The number of anilines is 1. The standard InChI is InChI=1S/C19H22N2O2/c1-11-9-12(10-14-17(11)21-18(22)19(14,2)3)16(20)13-7-5-6-8-15(13)23-4/h5-10,16H,20H2,1-4H3,(H,21,22). The smallest absolute Gasteiger partial charge is 0.234 e. The van der Waals surface area contributed by atoms with Gasteiger partial charge in [-0.2, -0.15) is 0 Å². The van der Waals surface area contributed by atoms with E-state index in [2.05, 4.69) is 5.32 Å². The first-order chi connectivity index (χ1) is 10.9. The number of hydrogen-bond acceptors (Lipinski definition) is 3. The molecule has 0 spiro atoms. The summed E-state index contributed by atoms with van der Waals surface area (Å²) in [5, 5.41) is 2.98. The largest absolute Gasteiger partial charge is 0.496 e. The first-order valence-corrected chi connectivity index (χ1v) is 7.71. The van der Waals surface area contributed by atoms with Crippen molar-refractivity contribution in [2.24, 2.45) is 5.73 Å². The molecule has 0 saturated carbocycles. The van der Waals surface area contributed by atoms with Crippen molar-refractivity contribution in [1.29, 1.82) is 0 Å². The Kier molecular flexibility index (Phi) is 3.65. The molecule has 0 radical (unpaired) electrons. The lowest BCUT2D eigenvalue weighted by Gasteiger charge is -2.20. The number of nitrogens with two attached hydrogens (primary N) is 1. The van der Waals surface area contributed by atoms with E-state index in [0.717, 1.165) is 33.7 Å². The van der Waals surface area contributed by atoms with Gasteiger partial charge < -0.3 is 15.8 Å².